The Morgan fingerprint density at radius 2 is 0.805 bits per heavy atom. The zero-order valence-corrected chi connectivity index (χ0v) is 91.5. The van der Waals surface area contributed by atoms with E-state index in [4.69, 9.17) is 19.9 Å². The third-order valence-electron chi connectivity index (χ3n) is 24.8. The number of ketones is 2. The van der Waals surface area contributed by atoms with Gasteiger partial charge in [0.2, 0.25) is 0 Å². The molecule has 0 spiro atoms. The molecule has 4 rings (SSSR count). The van der Waals surface area contributed by atoms with Crippen LogP contribution in [-0.4, -0.2) is 156 Å². The van der Waals surface area contributed by atoms with Gasteiger partial charge in [-0.05, 0) is 209 Å². The number of aliphatic hydroxyl groups excluding tert-OH is 4. The molecule has 0 aromatic rings. The Labute approximate surface area is 820 Å². The molecular weight excluding hydrogens is 1810 g/mol. The van der Waals surface area contributed by atoms with Crippen LogP contribution >= 0.6 is 22.6 Å². The van der Waals surface area contributed by atoms with Crippen LogP contribution in [0.1, 0.15) is 336 Å². The van der Waals surface area contributed by atoms with Crippen molar-refractivity contribution < 1.29 is 117 Å². The molecule has 0 aromatic heterocycles. The van der Waals surface area contributed by atoms with Crippen molar-refractivity contribution >= 4 is 83.0 Å². The van der Waals surface area contributed by atoms with Gasteiger partial charge in [0.25, 0.3) is 0 Å². The molecule has 17 nitrogen and oxygen atoms in total. The van der Waals surface area contributed by atoms with Crippen molar-refractivity contribution in [1.29, 1.82) is 0 Å². The van der Waals surface area contributed by atoms with Gasteiger partial charge in [-0.3, -0.25) is 28.8 Å². The Hall–Kier alpha value is -3.68. The number of esters is 4. The molecule has 128 heavy (non-hydrogen) atoms. The maximum absolute atomic E-state index is 12.6. The molecule has 4 N–H and O–H groups in total. The normalized spacial score (nSPS) is 19.0. The average Bonchev–Trinajstić information content (AvgIpc) is 1.61. The second kappa shape index (κ2) is 73.6. The first-order chi connectivity index (χ1) is 59.2. The predicted octanol–water partition coefficient (Wildman–Crippen LogP) is 23.8. The third kappa shape index (κ3) is 59.2. The van der Waals surface area contributed by atoms with Crippen molar-refractivity contribution in [2.75, 3.05) is 32.9 Å². The van der Waals surface area contributed by atoms with E-state index < -0.39 is 43.3 Å². The number of alkyl halides is 1. The molecule has 0 aliphatic heterocycles. The Morgan fingerprint density at radius 3 is 1.15 bits per heavy atom. The first kappa shape index (κ1) is 131. The fourth-order valence-electron chi connectivity index (χ4n) is 13.6. The quantitative estimate of drug-likeness (QED) is 0.00646. The molecule has 4 aliphatic rings. The van der Waals surface area contributed by atoms with Crippen molar-refractivity contribution in [3.63, 3.8) is 0 Å². The molecule has 0 saturated heterocycles. The van der Waals surface area contributed by atoms with Crippen LogP contribution < -0.4 is 18.9 Å². The van der Waals surface area contributed by atoms with Gasteiger partial charge in [-0.1, -0.05) is 302 Å². The van der Waals surface area contributed by atoms with Crippen LogP contribution in [0.25, 0.3) is 0 Å². The minimum atomic E-state index is -1.88. The Kier molecular flexibility index (Phi) is 75.1. The summed E-state index contributed by atoms with van der Waals surface area (Å²) in [6.45, 7) is 55.2. The number of methoxy groups -OCH3 is 4. The molecule has 735 valence electrons. The Bertz CT molecular complexity index is 3440. The van der Waals surface area contributed by atoms with Crippen LogP contribution in [0.5, 0.6) is 0 Å². The second-order valence-corrected chi connectivity index (χ2v) is 54.1. The Balaban J connectivity index is -0.000000761. The van der Waals surface area contributed by atoms with E-state index in [0.29, 0.717) is 75.2 Å². The van der Waals surface area contributed by atoms with E-state index in [9.17, 15) is 49.2 Å². The summed E-state index contributed by atoms with van der Waals surface area (Å²) in [6, 6.07) is 0. The van der Waals surface area contributed by atoms with Crippen molar-refractivity contribution in [1.82, 2.24) is 0 Å². The maximum atomic E-state index is 12.6. The number of Topliss-reactive ketones (excluding diaryl/α,β-unsaturated/α-hetero) is 1. The van der Waals surface area contributed by atoms with Crippen molar-refractivity contribution in [2.24, 2.45) is 17.8 Å². The summed E-state index contributed by atoms with van der Waals surface area (Å²) in [6.07, 6.45) is 63.1. The van der Waals surface area contributed by atoms with E-state index in [0.717, 1.165) is 137 Å². The van der Waals surface area contributed by atoms with Crippen LogP contribution in [0.15, 0.2) is 137 Å². The first-order valence-electron chi connectivity index (χ1n) is 47.9. The molecular formula is C105H182CuILiO17Si3. The minimum Gasteiger partial charge on any atom is -0.515 e. The zero-order valence-electron chi connectivity index (χ0n) is 85.4. The molecule has 0 heterocycles. The molecule has 0 aromatic carbocycles. The summed E-state index contributed by atoms with van der Waals surface area (Å²) < 4.78 is 39.3. The summed E-state index contributed by atoms with van der Waals surface area (Å²) >= 11 is 2.28. The monoisotopic (exact) mass is 2000 g/mol. The number of hydrogen-bond acceptors (Lipinski definition) is 17. The predicted molar refractivity (Wildman–Crippen MR) is 542 cm³/mol. The molecule has 1 radical (unpaired) electrons. The van der Waals surface area contributed by atoms with Gasteiger partial charge in [0, 0.05) is 78.1 Å². The molecule has 0 fully saturated rings. The second-order valence-electron chi connectivity index (χ2n) is 38.9. The summed E-state index contributed by atoms with van der Waals surface area (Å²) in [5.41, 5.74) is 6.01. The van der Waals surface area contributed by atoms with E-state index >= 15 is 0 Å². The van der Waals surface area contributed by atoms with Gasteiger partial charge in [-0.25, -0.2) is 6.08 Å². The van der Waals surface area contributed by atoms with E-state index in [1.165, 1.54) is 91.0 Å². The van der Waals surface area contributed by atoms with E-state index in [-0.39, 0.29) is 117 Å². The number of carbonyl (C=O) groups is 6. The first-order valence-corrected chi connectivity index (χ1v) is 58.1. The summed E-state index contributed by atoms with van der Waals surface area (Å²) in [4.78, 5) is 67.1. The SMILES string of the molecule is CCCCC[C@@H](/C=C/C1=C(C/C=C\CCCC(=O)OC)C(=O)C[C@@H]1C)O[Si](C)(C)C(C)(C)C.CCCCC[C@@H](/C=C/C1=C(C/C=C\CCCC(=O)OC)[C@H](O)C[C@@H]1C)O[Si](C)(C)C(C)(C)C.CCCCC[C@H](O)/C=C/C1=C(C/C=C\CCCC(=O)OC)[C@H](O)C[C@@H]1O.COC(=O)CCC/C=C\CI.C[C@@H]1C=CC(=O)C1.[CH-]=C[C@H](CCCCC)O[Si](C)(C)C(C)(C)C.[Cu].[Li+]. The minimum absolute atomic E-state index is 0. The number of unbranched alkanes of at least 4 members (excludes halogenated alkanes) is 12. The number of carbonyl (C=O) groups excluding carboxylic acids is 6. The maximum Gasteiger partial charge on any atom is 1.00 e. The summed E-state index contributed by atoms with van der Waals surface area (Å²) in [5.74, 6) is 0.963. The van der Waals surface area contributed by atoms with Crippen molar-refractivity contribution in [2.45, 2.75) is 433 Å². The smallest absolute Gasteiger partial charge is 0.515 e. The van der Waals surface area contributed by atoms with Gasteiger partial charge >= 0.3 is 42.7 Å². The number of aliphatic hydroxyl groups is 4. The molecule has 0 bridgehead atoms. The van der Waals surface area contributed by atoms with Crippen LogP contribution in [-0.2, 0) is 78.1 Å². The van der Waals surface area contributed by atoms with Crippen molar-refractivity contribution in [3.05, 3.63) is 143 Å². The summed E-state index contributed by atoms with van der Waals surface area (Å²) in [7, 11) is 0.247. The van der Waals surface area contributed by atoms with E-state index in [2.05, 4.69) is 245 Å². The topological polar surface area (TPSA) is 248 Å². The van der Waals surface area contributed by atoms with E-state index in [1.807, 2.05) is 25.2 Å². The van der Waals surface area contributed by atoms with E-state index in [1.54, 1.807) is 24.3 Å². The third-order valence-corrected chi connectivity index (χ3v) is 38.8. The molecule has 0 amide bonds. The standard InChI is InChI=1S/C28H50O4Si.C28H48O4Si.C21H34O5.C14H29OSi.C8H13IO2.C6H8O.Cu.Li/c2*1-9-10-13-16-23(32-33(7,8)28(3,4)5)19-20-24-22(2)21-26(29)25(24)17-14-11-12-15-18-27(30)31-6;1-3-4-7-10-16(22)13-14-18-17(19(23)15-20(18)24)11-8-5-6-9-12-21(25)26-2;1-8-10-11-12-13(9-2)15-16(6,7)14(3,4)5;1-11-8(10)6-4-2-3-5-7-9;1-5-2-3-6(7)4-5;;/h11,14,19-20,22-23,26,29H,9-10,12-13,15-18,21H2,1-8H3;11,14,19-20,22-23H,9-10,12-13,15-18,21H2,1-8H3;5,8,13-14,16,19-20,22-24H,3-4,6-7,9-12,15H2,1-2H3;2,9,13H,8,10-12H2,1,3-7H3;3,5H,2,4,6-7H2,1H3;2-3,5H,4H2,1H3;;/q;;;-1;;;;+1/b2*14-11-,20-19+;8-5-,14-13+;;5-3-;;;/t22-,23-,26+;22-,23-;16-,19+,20-;13-;;5-;;/m0001.1../s1. The average molecular weight is 2000 g/mol. The Morgan fingerprint density at radius 1 is 0.461 bits per heavy atom. The van der Waals surface area contributed by atoms with Crippen LogP contribution in [0.2, 0.25) is 54.4 Å². The summed E-state index contributed by atoms with van der Waals surface area (Å²) in [5, 5.41) is 41.6. The molecule has 10 atom stereocenters. The van der Waals surface area contributed by atoms with Gasteiger partial charge in [-0.15, -0.1) is 0 Å². The number of hydrogen-bond donors (Lipinski definition) is 4. The number of allylic oxidation sites excluding steroid dienone is 15. The van der Waals surface area contributed by atoms with Gasteiger partial charge in [0.05, 0.1) is 65.1 Å². The van der Waals surface area contributed by atoms with Gasteiger partial charge in [-0.2, -0.15) is 0 Å². The van der Waals surface area contributed by atoms with Crippen LogP contribution in [0.3, 0.4) is 0 Å². The van der Waals surface area contributed by atoms with Gasteiger partial charge in [0.15, 0.2) is 36.5 Å². The molecule has 23 heteroatoms. The fourth-order valence-corrected chi connectivity index (χ4v) is 17.9. The molecule has 0 saturated carbocycles. The van der Waals surface area contributed by atoms with Crippen LogP contribution in [0.4, 0.5) is 0 Å². The van der Waals surface area contributed by atoms with Gasteiger partial charge < -0.3 is 59.2 Å². The van der Waals surface area contributed by atoms with Crippen molar-refractivity contribution in [3.8, 4) is 0 Å². The number of ether oxygens (including phenoxy) is 4. The molecule has 4 aliphatic carbocycles. The van der Waals surface area contributed by atoms with Gasteiger partial charge in [0.1, 0.15) is 0 Å². The van der Waals surface area contributed by atoms with Crippen LogP contribution in [0, 0.1) is 24.3 Å². The zero-order chi connectivity index (χ0) is 96.1. The number of rotatable bonds is 52. The largest absolute Gasteiger partial charge is 1.00 e. The number of halogens is 1. The molecule has 0 unspecified atom stereocenters. The fraction of sp³-hybridized carbons (Fsp3) is 0.714.